The van der Waals surface area contributed by atoms with Crippen molar-refractivity contribution < 1.29 is 0 Å². The molecule has 0 N–H and O–H groups in total. The first-order valence-electron chi connectivity index (χ1n) is 31.6. The highest BCUT2D eigenvalue weighted by Crippen LogP contribution is 2.56. The highest BCUT2D eigenvalue weighted by Gasteiger charge is 2.28. The Morgan fingerprint density at radius 2 is 0.253 bits per heavy atom. The molecule has 0 aliphatic carbocycles. The molecule has 16 rings (SSSR count). The molecule has 91 heavy (non-hydrogen) atoms. The van der Waals surface area contributed by atoms with E-state index in [0.29, 0.717) is 0 Å². The molecule has 0 amide bonds. The van der Waals surface area contributed by atoms with E-state index in [4.69, 9.17) is 0 Å². The van der Waals surface area contributed by atoms with Gasteiger partial charge in [0, 0.05) is 0 Å². The first kappa shape index (κ1) is 57.8. The fourth-order valence-electron chi connectivity index (χ4n) is 14.2. The molecule has 16 aromatic rings. The van der Waals surface area contributed by atoms with E-state index >= 15 is 0 Å². The Morgan fingerprint density at radius 3 is 0.396 bits per heavy atom. The molecule has 0 aromatic heterocycles. The van der Waals surface area contributed by atoms with Crippen molar-refractivity contribution >= 4 is 64.6 Å². The van der Waals surface area contributed by atoms with E-state index in [9.17, 15) is 0 Å². The summed E-state index contributed by atoms with van der Waals surface area (Å²) in [6.45, 7) is 13.0. The number of benzene rings is 16. The van der Waals surface area contributed by atoms with Crippen molar-refractivity contribution in [2.75, 3.05) is 0 Å². The zero-order valence-corrected chi connectivity index (χ0v) is 51.9. The minimum Gasteiger partial charge on any atom is -0.0776 e. The second-order valence-electron chi connectivity index (χ2n) is 24.6. The highest BCUT2D eigenvalue weighted by molar-refractivity contribution is 6.35. The van der Waals surface area contributed by atoms with E-state index in [1.807, 2.05) is 0 Å². The summed E-state index contributed by atoms with van der Waals surface area (Å²) in [4.78, 5) is 0. The Labute approximate surface area is 536 Å². The van der Waals surface area contributed by atoms with E-state index in [0.717, 1.165) is 0 Å². The molecule has 0 aliphatic heterocycles. The van der Waals surface area contributed by atoms with Gasteiger partial charge in [0.1, 0.15) is 0 Å². The lowest BCUT2D eigenvalue weighted by Gasteiger charge is -2.25. The quantitative estimate of drug-likeness (QED) is 0.133. The second kappa shape index (κ2) is 24.2. The van der Waals surface area contributed by atoms with Gasteiger partial charge in [-0.05, 0) is 195 Å². The van der Waals surface area contributed by atoms with Gasteiger partial charge in [-0.15, -0.1) is 0 Å². The molecule has 0 saturated heterocycles. The largest absolute Gasteiger partial charge is 0.0776 e. The molecule has 436 valence electrons. The van der Waals surface area contributed by atoms with Crippen LogP contribution in [0.25, 0.3) is 154 Å². The van der Waals surface area contributed by atoms with Crippen molar-refractivity contribution in [2.24, 2.45) is 0 Å². The molecule has 0 saturated carbocycles. The molecule has 0 radical (unpaired) electrons. The standard InChI is InChI=1S/C46H36.C44H32.CH4/c1-29-13-21-33(22-14-29)41-37-9-5-6-10-38(37)43(35-25-17-31(3)18-26-35)46-44(36-27-19-32(4)20-28-36)40-12-8-7-11-39(40)42(45(41)46)34-23-15-30(2)16-24-34;1-29-21-25-33(26-22-29)41-37-19-11-12-20-38(37)42(34-27-23-30(2)24-28-34)44-40(32-15-7-4-8-16-32)36-18-10-9-17-35(36)39(43(41)44)31-13-5-3-6-14-31;/h5-28H,1-4H3;3-28H,1-2H3;1H4. The van der Waals surface area contributed by atoms with Gasteiger partial charge in [-0.2, -0.15) is 0 Å². The van der Waals surface area contributed by atoms with Crippen molar-refractivity contribution in [2.45, 2.75) is 49.0 Å². The second-order valence-corrected chi connectivity index (χ2v) is 24.6. The van der Waals surface area contributed by atoms with Crippen LogP contribution in [0.15, 0.2) is 303 Å². The lowest BCUT2D eigenvalue weighted by atomic mass is 9.77. The maximum absolute atomic E-state index is 2.32. The molecule has 0 heterocycles. The van der Waals surface area contributed by atoms with Gasteiger partial charge in [-0.25, -0.2) is 0 Å². The molecule has 0 fully saturated rings. The number of rotatable bonds is 8. The molecule has 0 nitrogen and oxygen atoms in total. The van der Waals surface area contributed by atoms with Crippen molar-refractivity contribution in [3.05, 3.63) is 337 Å². The highest BCUT2D eigenvalue weighted by atomic mass is 14.3. The van der Waals surface area contributed by atoms with Crippen LogP contribution < -0.4 is 0 Å². The summed E-state index contributed by atoms with van der Waals surface area (Å²) in [5.74, 6) is 0. The molecule has 0 spiro atoms. The van der Waals surface area contributed by atoms with E-state index in [1.165, 1.54) is 187 Å². The van der Waals surface area contributed by atoms with Crippen molar-refractivity contribution in [1.29, 1.82) is 0 Å². The SMILES string of the molecule is C.Cc1ccc(-c2c3ccccc3c(-c3ccc(C)cc3)c3c(-c4ccc(C)cc4)c4ccccc4c(-c4ccc(C)cc4)c23)cc1.Cc1ccc(-c2c3ccccc3c(-c3ccc(C)cc3)c3c(-c4ccccc4)c4ccccc4c(-c4ccccc4)c23)cc1. The number of aryl methyl sites for hydroxylation is 6. The van der Waals surface area contributed by atoms with Crippen LogP contribution in [-0.4, -0.2) is 0 Å². The maximum Gasteiger partial charge on any atom is -0.000139 e. The monoisotopic (exact) mass is 1160 g/mol. The molecule has 0 atom stereocenters. The van der Waals surface area contributed by atoms with Gasteiger partial charge in [0.2, 0.25) is 0 Å². The fourth-order valence-corrected chi connectivity index (χ4v) is 14.2. The lowest BCUT2D eigenvalue weighted by molar-refractivity contribution is 1.47. The van der Waals surface area contributed by atoms with Crippen LogP contribution in [0, 0.1) is 41.5 Å². The number of fused-ring (bicyclic) bond motifs is 6. The Kier molecular flexibility index (Phi) is 15.4. The summed E-state index contributed by atoms with van der Waals surface area (Å²) in [5, 5.41) is 15.4. The smallest absolute Gasteiger partial charge is 0.000139 e. The third-order valence-corrected chi connectivity index (χ3v) is 18.5. The topological polar surface area (TPSA) is 0 Å². The summed E-state index contributed by atoms with van der Waals surface area (Å²) >= 11 is 0. The molecule has 0 unspecified atom stereocenters. The van der Waals surface area contributed by atoms with Gasteiger partial charge in [-0.3, -0.25) is 0 Å². The van der Waals surface area contributed by atoms with Crippen LogP contribution in [0.2, 0.25) is 0 Å². The van der Waals surface area contributed by atoms with Crippen LogP contribution in [0.4, 0.5) is 0 Å². The molecule has 0 aliphatic rings. The van der Waals surface area contributed by atoms with Crippen molar-refractivity contribution in [1.82, 2.24) is 0 Å². The van der Waals surface area contributed by atoms with Gasteiger partial charge in [0.15, 0.2) is 0 Å². The Bertz CT molecular complexity index is 4860. The number of hydrogen-bond donors (Lipinski definition) is 0. The molecular formula is C91H72. The summed E-state index contributed by atoms with van der Waals surface area (Å²) in [6, 6.07) is 113. The minimum absolute atomic E-state index is 0. The van der Waals surface area contributed by atoms with Crippen LogP contribution in [-0.2, 0) is 0 Å². The van der Waals surface area contributed by atoms with E-state index in [2.05, 4.69) is 345 Å². The molecule has 16 aromatic carbocycles. The first-order chi connectivity index (χ1) is 44.2. The first-order valence-corrected chi connectivity index (χ1v) is 31.6. The van der Waals surface area contributed by atoms with Gasteiger partial charge >= 0.3 is 0 Å². The average molecular weight is 1170 g/mol. The lowest BCUT2D eigenvalue weighted by Crippen LogP contribution is -1.98. The Morgan fingerprint density at radius 1 is 0.132 bits per heavy atom. The fraction of sp³-hybridized carbons (Fsp3) is 0.0769. The normalized spacial score (nSPS) is 11.3. The van der Waals surface area contributed by atoms with Crippen LogP contribution in [0.3, 0.4) is 0 Å². The predicted molar refractivity (Wildman–Crippen MR) is 397 cm³/mol. The number of hydrogen-bond acceptors (Lipinski definition) is 0. The molecular weight excluding hydrogens is 1090 g/mol. The maximum atomic E-state index is 2.32. The van der Waals surface area contributed by atoms with Crippen molar-refractivity contribution in [3.63, 3.8) is 0 Å². The van der Waals surface area contributed by atoms with Gasteiger partial charge < -0.3 is 0 Å². The van der Waals surface area contributed by atoms with E-state index in [1.54, 1.807) is 0 Å². The van der Waals surface area contributed by atoms with Gasteiger partial charge in [-0.1, -0.05) is 344 Å². The van der Waals surface area contributed by atoms with E-state index < -0.39 is 0 Å². The Balaban J connectivity index is 0.000000157. The summed E-state index contributed by atoms with van der Waals surface area (Å²) in [7, 11) is 0. The third-order valence-electron chi connectivity index (χ3n) is 18.5. The van der Waals surface area contributed by atoms with Crippen LogP contribution in [0.1, 0.15) is 40.8 Å². The average Bonchev–Trinajstić information content (AvgIpc) is 0.714. The Hall–Kier alpha value is -10.9. The van der Waals surface area contributed by atoms with Gasteiger partial charge in [0.05, 0.1) is 0 Å². The van der Waals surface area contributed by atoms with Crippen LogP contribution >= 0.6 is 0 Å². The zero-order valence-electron chi connectivity index (χ0n) is 51.9. The van der Waals surface area contributed by atoms with Crippen LogP contribution in [0.5, 0.6) is 0 Å². The zero-order chi connectivity index (χ0) is 61.0. The minimum atomic E-state index is 0. The predicted octanol–water partition coefficient (Wildman–Crippen LogP) is 26.1. The summed E-state index contributed by atoms with van der Waals surface area (Å²) in [5.41, 5.74) is 27.7. The summed E-state index contributed by atoms with van der Waals surface area (Å²) in [6.07, 6.45) is 0. The third kappa shape index (κ3) is 10.3. The van der Waals surface area contributed by atoms with Crippen molar-refractivity contribution in [3.8, 4) is 89.0 Å². The van der Waals surface area contributed by atoms with E-state index in [-0.39, 0.29) is 7.43 Å². The molecule has 0 bridgehead atoms. The van der Waals surface area contributed by atoms with Gasteiger partial charge in [0.25, 0.3) is 0 Å². The summed E-state index contributed by atoms with van der Waals surface area (Å²) < 4.78 is 0. The molecule has 0 heteroatoms.